The molecule has 8 nitrogen and oxygen atoms in total. The van der Waals surface area contributed by atoms with Crippen molar-refractivity contribution < 1.29 is 15.0 Å². The number of carbonyl (C=O) groups is 1. The Balaban J connectivity index is 1.80. The number of hydrogen-bond acceptors (Lipinski definition) is 7. The first-order valence-corrected chi connectivity index (χ1v) is 8.25. The number of aromatic nitrogens is 4. The molecule has 1 aliphatic heterocycles. The molecule has 1 atom stereocenters. The molecule has 0 spiro atoms. The molecule has 0 fully saturated rings. The first-order valence-electron chi connectivity index (χ1n) is 7.48. The van der Waals surface area contributed by atoms with Gasteiger partial charge in [-0.25, -0.2) is 0 Å². The lowest BCUT2D eigenvalue weighted by molar-refractivity contribution is 0.0708. The Morgan fingerprint density at radius 2 is 2.22 bits per heavy atom. The Hall–Kier alpha value is -1.84. The van der Waals surface area contributed by atoms with Crippen molar-refractivity contribution in [1.82, 2.24) is 24.3 Å². The molecule has 0 aliphatic carbocycles. The Morgan fingerprint density at radius 1 is 1.43 bits per heavy atom. The predicted octanol–water partition coefficient (Wildman–Crippen LogP) is 0.540. The molecule has 0 saturated heterocycles. The lowest BCUT2D eigenvalue weighted by Crippen LogP contribution is -2.38. The standard InChI is InChI=1S/C14H19N5O3S/c1-8(2)12-13(23-17-15-12)14(22)18-3-4-19-9(6-18)5-10(16-19)11(21)7-20/h5,8,11,20-21H,3-4,6-7H2,1-2H3/t11-/m1/s1. The second-order valence-corrected chi connectivity index (χ2v) is 6.60. The summed E-state index contributed by atoms with van der Waals surface area (Å²) in [7, 11) is 0. The third-order valence-electron chi connectivity index (χ3n) is 3.87. The summed E-state index contributed by atoms with van der Waals surface area (Å²) in [5.74, 6) is 0.0785. The summed E-state index contributed by atoms with van der Waals surface area (Å²) in [5, 5.41) is 27.0. The maximum atomic E-state index is 12.7. The molecule has 124 valence electrons. The van der Waals surface area contributed by atoms with Crippen LogP contribution in [0.5, 0.6) is 0 Å². The van der Waals surface area contributed by atoms with E-state index in [1.54, 1.807) is 15.6 Å². The SMILES string of the molecule is CC(C)c1nnsc1C(=O)N1CCn2nc([C@H](O)CO)cc2C1. The van der Waals surface area contributed by atoms with E-state index in [0.717, 1.165) is 22.9 Å². The van der Waals surface area contributed by atoms with Crippen molar-refractivity contribution in [1.29, 1.82) is 0 Å². The first kappa shape index (κ1) is 16.0. The van der Waals surface area contributed by atoms with Gasteiger partial charge in [0.25, 0.3) is 5.91 Å². The van der Waals surface area contributed by atoms with Crippen LogP contribution in [0.1, 0.15) is 52.6 Å². The monoisotopic (exact) mass is 337 g/mol. The minimum Gasteiger partial charge on any atom is -0.393 e. The lowest BCUT2D eigenvalue weighted by Gasteiger charge is -2.27. The maximum absolute atomic E-state index is 12.7. The van der Waals surface area contributed by atoms with Gasteiger partial charge in [0.05, 0.1) is 36.8 Å². The molecule has 1 aliphatic rings. The van der Waals surface area contributed by atoms with Crippen LogP contribution in [-0.4, -0.2) is 53.5 Å². The van der Waals surface area contributed by atoms with Crippen molar-refractivity contribution in [3.05, 3.63) is 28.0 Å². The normalized spacial score (nSPS) is 15.8. The van der Waals surface area contributed by atoms with Crippen LogP contribution in [0, 0.1) is 0 Å². The number of amides is 1. The van der Waals surface area contributed by atoms with Crippen LogP contribution in [0.2, 0.25) is 0 Å². The summed E-state index contributed by atoms with van der Waals surface area (Å²) in [6, 6.07) is 1.73. The Morgan fingerprint density at radius 3 is 2.91 bits per heavy atom. The van der Waals surface area contributed by atoms with Crippen molar-refractivity contribution in [2.45, 2.75) is 39.0 Å². The third kappa shape index (κ3) is 2.99. The van der Waals surface area contributed by atoms with Gasteiger partial charge in [-0.1, -0.05) is 18.3 Å². The smallest absolute Gasteiger partial charge is 0.267 e. The van der Waals surface area contributed by atoms with Crippen molar-refractivity contribution >= 4 is 17.4 Å². The second kappa shape index (κ2) is 6.34. The van der Waals surface area contributed by atoms with E-state index in [1.807, 2.05) is 13.8 Å². The maximum Gasteiger partial charge on any atom is 0.267 e. The molecule has 0 radical (unpaired) electrons. The molecule has 0 aromatic carbocycles. The highest BCUT2D eigenvalue weighted by Crippen LogP contribution is 2.24. The summed E-state index contributed by atoms with van der Waals surface area (Å²) >= 11 is 1.13. The second-order valence-electron chi connectivity index (χ2n) is 5.85. The molecule has 9 heteroatoms. The fourth-order valence-corrected chi connectivity index (χ4v) is 3.37. The van der Waals surface area contributed by atoms with Gasteiger partial charge in [0.2, 0.25) is 0 Å². The number of nitrogens with zero attached hydrogens (tertiary/aromatic N) is 5. The minimum absolute atomic E-state index is 0.0691. The van der Waals surface area contributed by atoms with Crippen LogP contribution in [-0.2, 0) is 13.1 Å². The van der Waals surface area contributed by atoms with Gasteiger partial charge in [0.15, 0.2) is 0 Å². The van der Waals surface area contributed by atoms with Crippen LogP contribution in [0.15, 0.2) is 6.07 Å². The quantitative estimate of drug-likeness (QED) is 0.844. The van der Waals surface area contributed by atoms with Gasteiger partial charge in [0.1, 0.15) is 11.0 Å². The van der Waals surface area contributed by atoms with E-state index in [0.29, 0.717) is 30.2 Å². The van der Waals surface area contributed by atoms with Gasteiger partial charge in [-0.3, -0.25) is 9.48 Å². The molecular weight excluding hydrogens is 318 g/mol. The first-order chi connectivity index (χ1) is 11.0. The van der Waals surface area contributed by atoms with E-state index < -0.39 is 6.10 Å². The van der Waals surface area contributed by atoms with Gasteiger partial charge < -0.3 is 15.1 Å². The molecule has 3 heterocycles. The third-order valence-corrected chi connectivity index (χ3v) is 4.60. The number of carbonyl (C=O) groups excluding carboxylic acids is 1. The minimum atomic E-state index is -0.990. The van der Waals surface area contributed by atoms with Crippen molar-refractivity contribution in [2.75, 3.05) is 13.2 Å². The fraction of sp³-hybridized carbons (Fsp3) is 0.571. The number of fused-ring (bicyclic) bond motifs is 1. The van der Waals surface area contributed by atoms with Gasteiger partial charge in [-0.15, -0.1) is 5.10 Å². The van der Waals surface area contributed by atoms with Crippen LogP contribution in [0.3, 0.4) is 0 Å². The van der Waals surface area contributed by atoms with Gasteiger partial charge in [0, 0.05) is 6.54 Å². The Bertz CT molecular complexity index is 711. The molecular formula is C14H19N5O3S. The fourth-order valence-electron chi connectivity index (χ4n) is 2.59. The van der Waals surface area contributed by atoms with E-state index >= 15 is 0 Å². The highest BCUT2D eigenvalue weighted by molar-refractivity contribution is 7.08. The van der Waals surface area contributed by atoms with E-state index in [9.17, 15) is 9.90 Å². The number of aliphatic hydroxyl groups is 2. The summed E-state index contributed by atoms with van der Waals surface area (Å²) in [6.07, 6.45) is -0.990. The van der Waals surface area contributed by atoms with E-state index in [4.69, 9.17) is 5.11 Å². The van der Waals surface area contributed by atoms with E-state index in [1.165, 1.54) is 0 Å². The van der Waals surface area contributed by atoms with Crippen LogP contribution >= 0.6 is 11.5 Å². The zero-order valence-corrected chi connectivity index (χ0v) is 13.8. The van der Waals surface area contributed by atoms with Crippen LogP contribution in [0.4, 0.5) is 0 Å². The van der Waals surface area contributed by atoms with Gasteiger partial charge in [-0.2, -0.15) is 5.10 Å². The molecule has 3 rings (SSSR count). The topological polar surface area (TPSA) is 104 Å². The van der Waals surface area contributed by atoms with Crippen molar-refractivity contribution in [3.63, 3.8) is 0 Å². The van der Waals surface area contributed by atoms with Gasteiger partial charge in [-0.05, 0) is 23.5 Å². The molecule has 1 amide bonds. The molecule has 0 saturated carbocycles. The lowest BCUT2D eigenvalue weighted by atomic mass is 10.1. The highest BCUT2D eigenvalue weighted by atomic mass is 32.1. The summed E-state index contributed by atoms with van der Waals surface area (Å²) in [6.45, 7) is 5.12. The Kier molecular flexibility index (Phi) is 4.42. The summed E-state index contributed by atoms with van der Waals surface area (Å²) in [4.78, 5) is 15.1. The molecule has 0 bridgehead atoms. The molecule has 2 aromatic rings. The number of aliphatic hydroxyl groups excluding tert-OH is 2. The molecule has 0 unspecified atom stereocenters. The highest BCUT2D eigenvalue weighted by Gasteiger charge is 2.28. The molecule has 23 heavy (non-hydrogen) atoms. The van der Waals surface area contributed by atoms with Crippen molar-refractivity contribution in [3.8, 4) is 0 Å². The summed E-state index contributed by atoms with van der Waals surface area (Å²) < 4.78 is 5.68. The zero-order chi connectivity index (χ0) is 16.6. The number of hydrogen-bond donors (Lipinski definition) is 2. The largest absolute Gasteiger partial charge is 0.393 e. The van der Waals surface area contributed by atoms with Crippen LogP contribution < -0.4 is 0 Å². The van der Waals surface area contributed by atoms with Crippen LogP contribution in [0.25, 0.3) is 0 Å². The number of rotatable bonds is 4. The predicted molar refractivity (Wildman–Crippen MR) is 83.0 cm³/mol. The average Bonchev–Trinajstić information content (AvgIpc) is 3.19. The van der Waals surface area contributed by atoms with Crippen molar-refractivity contribution in [2.24, 2.45) is 0 Å². The van der Waals surface area contributed by atoms with E-state index in [2.05, 4.69) is 14.7 Å². The Labute approximate surface area is 137 Å². The molecule has 2 N–H and O–H groups in total. The zero-order valence-electron chi connectivity index (χ0n) is 13.0. The summed E-state index contributed by atoms with van der Waals surface area (Å²) in [5.41, 5.74) is 2.00. The van der Waals surface area contributed by atoms with Gasteiger partial charge >= 0.3 is 0 Å². The van der Waals surface area contributed by atoms with E-state index in [-0.39, 0.29) is 18.4 Å². The average molecular weight is 337 g/mol. The molecule has 2 aromatic heterocycles.